The molecule has 0 spiro atoms. The van der Waals surface area contributed by atoms with Crippen LogP contribution in [0.4, 0.5) is 0 Å². The van der Waals surface area contributed by atoms with Crippen molar-refractivity contribution in [3.63, 3.8) is 0 Å². The molecule has 0 aromatic heterocycles. The van der Waals surface area contributed by atoms with Gasteiger partial charge in [-0.05, 0) is 125 Å². The molecule has 0 fully saturated rings. The lowest BCUT2D eigenvalue weighted by Gasteiger charge is -2.52. The van der Waals surface area contributed by atoms with Crippen LogP contribution >= 0.6 is 0 Å². The molecule has 0 aromatic carbocycles. The Labute approximate surface area is 201 Å². The molecule has 0 N–H and O–H groups in total. The number of hydrogen-bond acceptors (Lipinski definition) is 6. The van der Waals surface area contributed by atoms with Crippen molar-refractivity contribution < 1.29 is 26.6 Å². The van der Waals surface area contributed by atoms with Gasteiger partial charge in [0.2, 0.25) is 0 Å². The van der Waals surface area contributed by atoms with E-state index in [9.17, 15) is 0 Å². The van der Waals surface area contributed by atoms with Gasteiger partial charge in [-0.2, -0.15) is 0 Å². The third-order valence-corrected chi connectivity index (χ3v) is 13.1. The first kappa shape index (κ1) is 32.2. The van der Waals surface area contributed by atoms with Gasteiger partial charge in [-0.25, -0.2) is 0 Å². The number of hydrogen-bond donors (Lipinski definition) is 0. The van der Waals surface area contributed by atoms with Crippen LogP contribution in [0.3, 0.4) is 0 Å². The van der Waals surface area contributed by atoms with Crippen molar-refractivity contribution in [1.29, 1.82) is 0 Å². The molecule has 0 aliphatic carbocycles. The minimum absolute atomic E-state index is 0.593. The largest absolute Gasteiger partial charge is 0.579 e. The molecule has 0 unspecified atom stereocenters. The van der Waals surface area contributed by atoms with E-state index in [2.05, 4.69) is 0 Å². The Morgan fingerprint density at radius 3 is 0.406 bits per heavy atom. The second-order valence-corrected chi connectivity index (χ2v) is 21.5. The van der Waals surface area contributed by atoms with E-state index in [1.54, 1.807) is 0 Å². The molecular formula is C24H54O6Si2. The predicted octanol–water partition coefficient (Wildman–Crippen LogP) is 6.83. The summed E-state index contributed by atoms with van der Waals surface area (Å²) in [5.74, 6) is 0. The molecule has 0 heterocycles. The van der Waals surface area contributed by atoms with Crippen LogP contribution in [0.25, 0.3) is 0 Å². The zero-order valence-electron chi connectivity index (χ0n) is 24.4. The fourth-order valence-electron chi connectivity index (χ4n) is 2.92. The molecular weight excluding hydrogens is 440 g/mol. The zero-order valence-corrected chi connectivity index (χ0v) is 26.4. The molecule has 0 aromatic rings. The molecule has 0 aliphatic heterocycles. The summed E-state index contributed by atoms with van der Waals surface area (Å²) in [6.07, 6.45) is 0. The van der Waals surface area contributed by atoms with E-state index in [-0.39, 0.29) is 0 Å². The van der Waals surface area contributed by atoms with Crippen molar-refractivity contribution in [3.05, 3.63) is 0 Å². The van der Waals surface area contributed by atoms with Gasteiger partial charge in [0.25, 0.3) is 0 Å². The third kappa shape index (κ3) is 12.6. The van der Waals surface area contributed by atoms with Crippen LogP contribution in [-0.2, 0) is 26.6 Å². The molecule has 0 bridgehead atoms. The highest BCUT2D eigenvalue weighted by Gasteiger charge is 2.78. The van der Waals surface area contributed by atoms with Gasteiger partial charge in [-0.1, -0.05) is 0 Å². The van der Waals surface area contributed by atoms with Crippen molar-refractivity contribution in [3.8, 4) is 0 Å². The molecule has 0 radical (unpaired) electrons. The van der Waals surface area contributed by atoms with E-state index in [0.717, 1.165) is 0 Å². The molecule has 0 atom stereocenters. The van der Waals surface area contributed by atoms with Crippen LogP contribution in [-0.4, -0.2) is 50.3 Å². The van der Waals surface area contributed by atoms with E-state index in [1.165, 1.54) is 0 Å². The molecule has 32 heavy (non-hydrogen) atoms. The van der Waals surface area contributed by atoms with Crippen LogP contribution in [0.1, 0.15) is 125 Å². The Morgan fingerprint density at radius 2 is 0.344 bits per heavy atom. The Bertz CT molecular complexity index is 457. The van der Waals surface area contributed by atoms with Crippen LogP contribution < -0.4 is 0 Å². The standard InChI is InChI=1S/C24H54O6Si2/c1-19(2,3)25-31(26-20(4,5)6,27-21(7,8)9)32(28-22(10,11)12,29-23(13,14)15)30-24(16,17)18/h1-18H3. The van der Waals surface area contributed by atoms with E-state index >= 15 is 0 Å². The van der Waals surface area contributed by atoms with Gasteiger partial charge in [-0.3, -0.25) is 0 Å². The molecule has 0 aliphatic rings. The Hall–Kier alpha value is 0.194. The maximum absolute atomic E-state index is 6.86. The lowest BCUT2D eigenvalue weighted by molar-refractivity contribution is -0.117. The first-order valence-corrected chi connectivity index (χ1v) is 16.1. The quantitative estimate of drug-likeness (QED) is 0.361. The lowest BCUT2D eigenvalue weighted by atomic mass is 10.2. The summed E-state index contributed by atoms with van der Waals surface area (Å²) in [7, 11) is -7.68. The predicted molar refractivity (Wildman–Crippen MR) is 137 cm³/mol. The van der Waals surface area contributed by atoms with Gasteiger partial charge in [0.1, 0.15) is 0 Å². The average molecular weight is 495 g/mol. The maximum atomic E-state index is 6.86. The summed E-state index contributed by atoms with van der Waals surface area (Å²) < 4.78 is 41.2. The van der Waals surface area contributed by atoms with Gasteiger partial charge in [0.05, 0.1) is 33.6 Å². The Morgan fingerprint density at radius 1 is 0.250 bits per heavy atom. The zero-order chi connectivity index (χ0) is 26.2. The summed E-state index contributed by atoms with van der Waals surface area (Å²) >= 11 is 0. The van der Waals surface area contributed by atoms with Crippen molar-refractivity contribution in [2.45, 2.75) is 158 Å². The van der Waals surface area contributed by atoms with E-state index in [1.807, 2.05) is 125 Å². The van der Waals surface area contributed by atoms with Gasteiger partial charge < -0.3 is 26.6 Å². The Kier molecular flexibility index (Phi) is 9.74. The second kappa shape index (κ2) is 9.68. The SMILES string of the molecule is CC(C)(C)O[Si](OC(C)(C)C)(OC(C)(C)C)[Si](OC(C)(C)C)(OC(C)(C)C)OC(C)(C)C. The monoisotopic (exact) mass is 494 g/mol. The summed E-state index contributed by atoms with van der Waals surface area (Å²) in [6.45, 7) is 36.0. The second-order valence-electron chi connectivity index (χ2n) is 14.4. The van der Waals surface area contributed by atoms with Crippen LogP contribution in [0.2, 0.25) is 0 Å². The average Bonchev–Trinajstić information content (AvgIpc) is 2.23. The summed E-state index contributed by atoms with van der Waals surface area (Å²) in [4.78, 5) is 0. The molecule has 0 rings (SSSR count). The summed E-state index contributed by atoms with van der Waals surface area (Å²) in [5.41, 5.74) is -3.56. The third-order valence-electron chi connectivity index (χ3n) is 3.02. The Balaban J connectivity index is 7.54. The number of rotatable bonds is 7. The van der Waals surface area contributed by atoms with Crippen LogP contribution in [0.15, 0.2) is 0 Å². The molecule has 0 saturated carbocycles. The highest BCUT2D eigenvalue weighted by molar-refractivity contribution is 7.26. The maximum Gasteiger partial charge on any atom is 0.579 e. The van der Waals surface area contributed by atoms with Gasteiger partial charge in [0.15, 0.2) is 0 Å². The fourth-order valence-corrected chi connectivity index (χ4v) is 16.5. The summed E-state index contributed by atoms with van der Waals surface area (Å²) in [5, 5.41) is 0. The van der Waals surface area contributed by atoms with Gasteiger partial charge in [0, 0.05) is 0 Å². The molecule has 0 amide bonds. The first-order valence-electron chi connectivity index (χ1n) is 11.7. The van der Waals surface area contributed by atoms with E-state index < -0.39 is 50.3 Å². The van der Waals surface area contributed by atoms with Crippen molar-refractivity contribution >= 4 is 16.6 Å². The molecule has 0 saturated heterocycles. The van der Waals surface area contributed by atoms with E-state index in [4.69, 9.17) is 26.6 Å². The lowest BCUT2D eigenvalue weighted by Crippen LogP contribution is -2.80. The smallest absolute Gasteiger partial charge is 0.366 e. The minimum atomic E-state index is -3.84. The van der Waals surface area contributed by atoms with Gasteiger partial charge >= 0.3 is 16.6 Å². The van der Waals surface area contributed by atoms with E-state index in [0.29, 0.717) is 0 Å². The van der Waals surface area contributed by atoms with Crippen molar-refractivity contribution in [2.75, 3.05) is 0 Å². The molecule has 8 heteroatoms. The fraction of sp³-hybridized carbons (Fsp3) is 1.00. The van der Waals surface area contributed by atoms with Crippen LogP contribution in [0, 0.1) is 0 Å². The van der Waals surface area contributed by atoms with Crippen molar-refractivity contribution in [1.82, 2.24) is 0 Å². The minimum Gasteiger partial charge on any atom is -0.366 e. The molecule has 194 valence electrons. The van der Waals surface area contributed by atoms with Crippen molar-refractivity contribution in [2.24, 2.45) is 0 Å². The highest BCUT2D eigenvalue weighted by Crippen LogP contribution is 2.42. The summed E-state index contributed by atoms with van der Waals surface area (Å²) in [6, 6.07) is 0. The first-order chi connectivity index (χ1) is 13.5. The van der Waals surface area contributed by atoms with Gasteiger partial charge in [-0.15, -0.1) is 0 Å². The topological polar surface area (TPSA) is 55.4 Å². The van der Waals surface area contributed by atoms with Crippen LogP contribution in [0.5, 0.6) is 0 Å². The molecule has 6 nitrogen and oxygen atoms in total. The normalized spacial score (nSPS) is 15.9. The highest BCUT2D eigenvalue weighted by atomic mass is 29.3.